The Balaban J connectivity index is 1.79. The van der Waals surface area contributed by atoms with Crippen molar-refractivity contribution in [2.75, 3.05) is 21.1 Å². The summed E-state index contributed by atoms with van der Waals surface area (Å²) in [5, 5.41) is 0. The minimum absolute atomic E-state index is 0.273. The zero-order valence-electron chi connectivity index (χ0n) is 18.2. The van der Waals surface area contributed by atoms with Crippen LogP contribution >= 0.6 is 15.9 Å². The van der Waals surface area contributed by atoms with Crippen molar-refractivity contribution in [2.45, 2.75) is 18.0 Å². The molecule has 1 aliphatic carbocycles. The molecule has 2 heterocycles. The molecule has 2 aliphatic heterocycles. The summed E-state index contributed by atoms with van der Waals surface area (Å²) < 4.78 is 0.793. The Kier molecular flexibility index (Phi) is 4.54. The summed E-state index contributed by atoms with van der Waals surface area (Å²) >= 11 is 3.39. The van der Waals surface area contributed by atoms with E-state index in [-0.39, 0.29) is 17.5 Å². The molecule has 9 heteroatoms. The first-order valence-electron chi connectivity index (χ1n) is 10.4. The molecule has 4 amide bonds. The number of barbiturate groups is 1. The van der Waals surface area contributed by atoms with Crippen LogP contribution in [-0.2, 0) is 9.59 Å². The molecule has 33 heavy (non-hydrogen) atoms. The number of amides is 4. The zero-order valence-corrected chi connectivity index (χ0v) is 19.8. The molecule has 0 saturated carbocycles. The summed E-state index contributed by atoms with van der Waals surface area (Å²) in [6, 6.07) is 11.9. The fourth-order valence-corrected chi connectivity index (χ4v) is 5.98. The maximum atomic E-state index is 13.8. The lowest BCUT2D eigenvalue weighted by atomic mass is 9.70. The van der Waals surface area contributed by atoms with Gasteiger partial charge in [-0.2, -0.15) is 0 Å². The molecule has 2 saturated heterocycles. The Labute approximate surface area is 198 Å². The largest absolute Gasteiger partial charge is 0.332 e. The van der Waals surface area contributed by atoms with Crippen LogP contribution in [0.3, 0.4) is 0 Å². The van der Waals surface area contributed by atoms with E-state index in [1.807, 2.05) is 0 Å². The number of carbonyl (C=O) groups is 5. The van der Waals surface area contributed by atoms with Crippen molar-refractivity contribution in [1.82, 2.24) is 14.7 Å². The fourth-order valence-electron chi connectivity index (χ4n) is 5.71. The van der Waals surface area contributed by atoms with Gasteiger partial charge in [0.15, 0.2) is 22.5 Å². The Morgan fingerprint density at radius 2 is 1.27 bits per heavy atom. The third kappa shape index (κ3) is 2.46. The number of likely N-dealkylation sites (N-methyl/N-ethyl adjacent to an activating group) is 1. The van der Waals surface area contributed by atoms with Crippen LogP contribution in [0.2, 0.25) is 0 Å². The number of fused-ring (bicyclic) bond motifs is 1. The molecule has 0 aromatic heterocycles. The first-order chi connectivity index (χ1) is 15.6. The molecule has 0 N–H and O–H groups in total. The Morgan fingerprint density at radius 1 is 0.788 bits per heavy atom. The van der Waals surface area contributed by atoms with Gasteiger partial charge in [-0.1, -0.05) is 52.3 Å². The van der Waals surface area contributed by atoms with E-state index in [0.717, 1.165) is 14.3 Å². The van der Waals surface area contributed by atoms with Crippen LogP contribution in [0.5, 0.6) is 0 Å². The number of likely N-dealkylation sites (tertiary alicyclic amines) is 1. The first-order valence-corrected chi connectivity index (χ1v) is 11.2. The number of urea groups is 1. The van der Waals surface area contributed by atoms with Crippen LogP contribution in [0.4, 0.5) is 4.79 Å². The van der Waals surface area contributed by atoms with Crippen molar-refractivity contribution in [3.8, 4) is 0 Å². The molecule has 0 radical (unpaired) electrons. The van der Waals surface area contributed by atoms with E-state index >= 15 is 0 Å². The van der Waals surface area contributed by atoms with Gasteiger partial charge in [0, 0.05) is 36.1 Å². The molecule has 3 aliphatic rings. The molecule has 2 spiro atoms. The maximum absolute atomic E-state index is 13.8. The second-order valence-electron chi connectivity index (χ2n) is 8.79. The van der Waals surface area contributed by atoms with Crippen LogP contribution < -0.4 is 0 Å². The van der Waals surface area contributed by atoms with Gasteiger partial charge in [-0.15, -0.1) is 0 Å². The second-order valence-corrected chi connectivity index (χ2v) is 9.70. The number of hydrogen-bond acceptors (Lipinski definition) is 6. The minimum atomic E-state index is -1.83. The van der Waals surface area contributed by atoms with Crippen LogP contribution in [-0.4, -0.2) is 70.8 Å². The van der Waals surface area contributed by atoms with Crippen molar-refractivity contribution in [3.05, 3.63) is 69.7 Å². The normalized spacial score (nSPS) is 23.9. The van der Waals surface area contributed by atoms with Gasteiger partial charge < -0.3 is 0 Å². The number of carbonyl (C=O) groups excluding carboxylic acids is 5. The summed E-state index contributed by atoms with van der Waals surface area (Å²) in [7, 11) is 4.22. The monoisotopic (exact) mass is 509 g/mol. The Bertz CT molecular complexity index is 1210. The highest BCUT2D eigenvalue weighted by molar-refractivity contribution is 9.10. The van der Waals surface area contributed by atoms with E-state index in [1.165, 1.54) is 14.1 Å². The predicted octanol–water partition coefficient (Wildman–Crippen LogP) is 2.68. The van der Waals surface area contributed by atoms with Gasteiger partial charge in [0.2, 0.25) is 11.8 Å². The highest BCUT2D eigenvalue weighted by atomic mass is 79.9. The number of ketones is 2. The summed E-state index contributed by atoms with van der Waals surface area (Å²) in [5.74, 6) is -2.31. The number of halogens is 1. The molecular formula is C24H20BrN3O5. The predicted molar refractivity (Wildman–Crippen MR) is 120 cm³/mol. The van der Waals surface area contributed by atoms with Crippen molar-refractivity contribution in [1.29, 1.82) is 0 Å². The smallest absolute Gasteiger partial charge is 0.292 e. The van der Waals surface area contributed by atoms with Crippen molar-refractivity contribution in [3.63, 3.8) is 0 Å². The molecule has 2 fully saturated rings. The topological polar surface area (TPSA) is 95.1 Å². The molecule has 2 aromatic rings. The quantitative estimate of drug-likeness (QED) is 0.548. The van der Waals surface area contributed by atoms with Crippen molar-refractivity contribution in [2.24, 2.45) is 5.41 Å². The third-order valence-electron chi connectivity index (χ3n) is 7.29. The lowest BCUT2D eigenvalue weighted by Gasteiger charge is -2.43. The lowest BCUT2D eigenvalue weighted by molar-refractivity contribution is -0.159. The van der Waals surface area contributed by atoms with Gasteiger partial charge >= 0.3 is 6.03 Å². The van der Waals surface area contributed by atoms with E-state index < -0.39 is 46.4 Å². The number of rotatable bonds is 1. The molecule has 0 unspecified atom stereocenters. The fraction of sp³-hybridized carbons (Fsp3) is 0.292. The zero-order chi connectivity index (χ0) is 23.9. The summed E-state index contributed by atoms with van der Waals surface area (Å²) in [6.45, 7) is 0. The number of nitrogens with zero attached hydrogens (tertiary/aromatic N) is 3. The molecule has 1 atom stereocenters. The standard InChI is InChI=1S/C24H20BrN3O5/c1-26-20(31)23(21(32)27(2)22(26)33)12-24(18(29)15-6-4-5-7-16(15)19(24)30)28(3)17(23)13-8-10-14(25)11-9-13/h4-11,17H,12H2,1-3H3/t17-/m0/s1. The number of imide groups is 2. The Morgan fingerprint density at radius 3 is 1.76 bits per heavy atom. The minimum Gasteiger partial charge on any atom is -0.292 e. The molecule has 0 bridgehead atoms. The lowest BCUT2D eigenvalue weighted by Crippen LogP contribution is -2.64. The van der Waals surface area contributed by atoms with Crippen molar-refractivity contribution >= 4 is 45.3 Å². The molecule has 2 aromatic carbocycles. The second kappa shape index (κ2) is 6.91. The van der Waals surface area contributed by atoms with Gasteiger partial charge in [0.1, 0.15) is 0 Å². The van der Waals surface area contributed by atoms with Crippen LogP contribution in [0.15, 0.2) is 53.0 Å². The maximum Gasteiger partial charge on any atom is 0.332 e. The average Bonchev–Trinajstić information content (AvgIpc) is 3.22. The first kappa shape index (κ1) is 21.7. The van der Waals surface area contributed by atoms with Gasteiger partial charge in [-0.3, -0.25) is 33.9 Å². The average molecular weight is 510 g/mol. The Hall–Kier alpha value is -3.17. The third-order valence-corrected chi connectivity index (χ3v) is 7.82. The molecule has 5 rings (SSSR count). The SMILES string of the molecule is CN1C(=O)N(C)C(=O)C2(CC3(C(=O)c4ccccc4C3=O)N(C)[C@H]2c2ccc(Br)cc2)C1=O. The summed E-state index contributed by atoms with van der Waals surface area (Å²) in [4.78, 5) is 70.9. The molecule has 8 nitrogen and oxygen atoms in total. The van der Waals surface area contributed by atoms with E-state index in [1.54, 1.807) is 60.5 Å². The number of Topliss-reactive ketones (excluding diaryl/α,β-unsaturated/α-hetero) is 2. The summed E-state index contributed by atoms with van der Waals surface area (Å²) in [6.07, 6.45) is -0.344. The van der Waals surface area contributed by atoms with Gasteiger partial charge in [0.25, 0.3) is 0 Å². The van der Waals surface area contributed by atoms with Crippen LogP contribution in [0.25, 0.3) is 0 Å². The van der Waals surface area contributed by atoms with E-state index in [4.69, 9.17) is 0 Å². The number of hydrogen-bond donors (Lipinski definition) is 0. The van der Waals surface area contributed by atoms with Gasteiger partial charge in [-0.05, 0) is 24.7 Å². The van der Waals surface area contributed by atoms with E-state index in [9.17, 15) is 24.0 Å². The molecule has 168 valence electrons. The van der Waals surface area contributed by atoms with Crippen LogP contribution in [0.1, 0.15) is 38.7 Å². The van der Waals surface area contributed by atoms with E-state index in [2.05, 4.69) is 15.9 Å². The molecular weight excluding hydrogens is 490 g/mol. The summed E-state index contributed by atoms with van der Waals surface area (Å²) in [5.41, 5.74) is -2.42. The highest BCUT2D eigenvalue weighted by Crippen LogP contribution is 2.59. The van der Waals surface area contributed by atoms with Crippen LogP contribution in [0, 0.1) is 5.41 Å². The number of benzene rings is 2. The van der Waals surface area contributed by atoms with Gasteiger partial charge in [-0.25, -0.2) is 4.79 Å². The highest BCUT2D eigenvalue weighted by Gasteiger charge is 2.75. The van der Waals surface area contributed by atoms with Crippen molar-refractivity contribution < 1.29 is 24.0 Å². The van der Waals surface area contributed by atoms with Gasteiger partial charge in [0.05, 0.1) is 6.04 Å². The van der Waals surface area contributed by atoms with E-state index in [0.29, 0.717) is 5.56 Å².